The maximum absolute atomic E-state index is 5.53. The molecule has 0 aliphatic carbocycles. The van der Waals surface area contributed by atoms with E-state index in [2.05, 4.69) is 39.2 Å². The Morgan fingerprint density at radius 1 is 1.11 bits per heavy atom. The predicted molar refractivity (Wildman–Crippen MR) is 102 cm³/mol. The fourth-order valence-corrected chi connectivity index (χ4v) is 4.07. The average Bonchev–Trinajstić information content (AvgIpc) is 3.21. The van der Waals surface area contributed by atoms with Crippen LogP contribution in [-0.4, -0.2) is 54.4 Å². The maximum Gasteiger partial charge on any atom is 0.231 e. The number of fused-ring (bicyclic) bond motifs is 2. The zero-order chi connectivity index (χ0) is 18.2. The van der Waals surface area contributed by atoms with Crippen LogP contribution in [0.3, 0.4) is 0 Å². The van der Waals surface area contributed by atoms with Crippen molar-refractivity contribution in [3.8, 4) is 11.5 Å². The topological polar surface area (TPSA) is 62.8 Å². The molecule has 4 heterocycles. The standard InChI is InChI=1S/C20H25N5O2/c1-14(15-2-3-18-19(10-15)27-13-26-18)24-6-8-25(9-7-24)20-22-11-16-4-5-21-12-17(16)23-20/h2-3,10-11,14,21H,4-9,12-13H2,1H3. The van der Waals surface area contributed by atoms with Crippen LogP contribution < -0.4 is 19.7 Å². The highest BCUT2D eigenvalue weighted by molar-refractivity contribution is 5.45. The van der Waals surface area contributed by atoms with Gasteiger partial charge in [0.15, 0.2) is 11.5 Å². The van der Waals surface area contributed by atoms with Gasteiger partial charge < -0.3 is 19.7 Å². The first-order valence-corrected chi connectivity index (χ1v) is 9.72. The van der Waals surface area contributed by atoms with Gasteiger partial charge in [0.2, 0.25) is 12.7 Å². The summed E-state index contributed by atoms with van der Waals surface area (Å²) in [6, 6.07) is 6.61. The molecule has 3 aliphatic rings. The van der Waals surface area contributed by atoms with Gasteiger partial charge in [0, 0.05) is 45.0 Å². The van der Waals surface area contributed by atoms with E-state index in [1.54, 1.807) is 0 Å². The molecule has 3 aliphatic heterocycles. The summed E-state index contributed by atoms with van der Waals surface area (Å²) >= 11 is 0. The number of nitrogens with zero attached hydrogens (tertiary/aromatic N) is 4. The summed E-state index contributed by atoms with van der Waals surface area (Å²) < 4.78 is 10.9. The highest BCUT2D eigenvalue weighted by Gasteiger charge is 2.25. The molecule has 1 N–H and O–H groups in total. The van der Waals surface area contributed by atoms with Crippen LogP contribution in [0.5, 0.6) is 11.5 Å². The van der Waals surface area contributed by atoms with Crippen molar-refractivity contribution in [2.45, 2.75) is 25.9 Å². The lowest BCUT2D eigenvalue weighted by molar-refractivity contribution is 0.173. The molecule has 1 aromatic heterocycles. The predicted octanol–water partition coefficient (Wildman–Crippen LogP) is 1.73. The highest BCUT2D eigenvalue weighted by atomic mass is 16.7. The Morgan fingerprint density at radius 2 is 1.96 bits per heavy atom. The molecule has 2 aromatic rings. The van der Waals surface area contributed by atoms with Crippen molar-refractivity contribution in [1.29, 1.82) is 0 Å². The van der Waals surface area contributed by atoms with E-state index in [4.69, 9.17) is 14.5 Å². The Morgan fingerprint density at radius 3 is 2.85 bits per heavy atom. The quantitative estimate of drug-likeness (QED) is 0.886. The molecule has 0 amide bonds. The van der Waals surface area contributed by atoms with Crippen molar-refractivity contribution in [3.63, 3.8) is 0 Å². The maximum atomic E-state index is 5.53. The van der Waals surface area contributed by atoms with Crippen LogP contribution in [0.15, 0.2) is 24.4 Å². The van der Waals surface area contributed by atoms with Crippen LogP contribution in [-0.2, 0) is 13.0 Å². The summed E-state index contributed by atoms with van der Waals surface area (Å²) in [5.74, 6) is 2.57. The van der Waals surface area contributed by atoms with E-state index in [9.17, 15) is 0 Å². The summed E-state index contributed by atoms with van der Waals surface area (Å²) in [6.07, 6.45) is 3.04. The van der Waals surface area contributed by atoms with E-state index in [0.717, 1.165) is 68.8 Å². The largest absolute Gasteiger partial charge is 0.454 e. The Labute approximate surface area is 159 Å². The zero-order valence-electron chi connectivity index (χ0n) is 15.6. The molecule has 142 valence electrons. The van der Waals surface area contributed by atoms with Gasteiger partial charge in [-0.05, 0) is 43.1 Å². The van der Waals surface area contributed by atoms with Crippen molar-refractivity contribution in [2.24, 2.45) is 0 Å². The van der Waals surface area contributed by atoms with Crippen molar-refractivity contribution >= 4 is 5.95 Å². The van der Waals surface area contributed by atoms with E-state index in [1.807, 2.05) is 12.3 Å². The lowest BCUT2D eigenvalue weighted by atomic mass is 10.1. The minimum Gasteiger partial charge on any atom is -0.454 e. The van der Waals surface area contributed by atoms with Crippen LogP contribution in [0.2, 0.25) is 0 Å². The number of hydrogen-bond donors (Lipinski definition) is 1. The number of rotatable bonds is 3. The van der Waals surface area contributed by atoms with Crippen molar-refractivity contribution in [2.75, 3.05) is 44.4 Å². The third kappa shape index (κ3) is 3.21. The summed E-state index contributed by atoms with van der Waals surface area (Å²) in [5.41, 5.74) is 3.71. The molecule has 0 spiro atoms. The number of aromatic nitrogens is 2. The third-order valence-electron chi connectivity index (χ3n) is 5.83. The summed E-state index contributed by atoms with van der Waals surface area (Å²) in [4.78, 5) is 14.2. The van der Waals surface area contributed by atoms with Gasteiger partial charge in [-0.25, -0.2) is 9.97 Å². The number of benzene rings is 1. The van der Waals surface area contributed by atoms with E-state index < -0.39 is 0 Å². The lowest BCUT2D eigenvalue weighted by Crippen LogP contribution is -2.47. The Bertz CT molecular complexity index is 835. The normalized spacial score (nSPS) is 20.4. The first-order valence-electron chi connectivity index (χ1n) is 9.72. The van der Waals surface area contributed by atoms with Crippen molar-refractivity contribution in [3.05, 3.63) is 41.2 Å². The molecule has 1 saturated heterocycles. The minimum atomic E-state index is 0.322. The first-order chi connectivity index (χ1) is 13.3. The van der Waals surface area contributed by atoms with Gasteiger partial charge in [-0.3, -0.25) is 4.90 Å². The van der Waals surface area contributed by atoms with Crippen LogP contribution in [0.1, 0.15) is 29.8 Å². The van der Waals surface area contributed by atoms with Gasteiger partial charge in [0.25, 0.3) is 0 Å². The number of ether oxygens (including phenoxy) is 2. The van der Waals surface area contributed by atoms with Crippen LogP contribution >= 0.6 is 0 Å². The van der Waals surface area contributed by atoms with Crippen molar-refractivity contribution in [1.82, 2.24) is 20.2 Å². The number of anilines is 1. The van der Waals surface area contributed by atoms with E-state index in [0.29, 0.717) is 12.8 Å². The monoisotopic (exact) mass is 367 g/mol. The molecular formula is C20H25N5O2. The molecule has 27 heavy (non-hydrogen) atoms. The summed E-state index contributed by atoms with van der Waals surface area (Å²) in [7, 11) is 0. The second kappa shape index (κ2) is 6.98. The zero-order valence-corrected chi connectivity index (χ0v) is 15.6. The third-order valence-corrected chi connectivity index (χ3v) is 5.83. The van der Waals surface area contributed by atoms with Gasteiger partial charge >= 0.3 is 0 Å². The second-order valence-electron chi connectivity index (χ2n) is 7.38. The number of nitrogens with one attached hydrogen (secondary N) is 1. The molecule has 1 aromatic carbocycles. The summed E-state index contributed by atoms with van der Waals surface area (Å²) in [5, 5.41) is 3.39. The fourth-order valence-electron chi connectivity index (χ4n) is 4.07. The van der Waals surface area contributed by atoms with E-state index >= 15 is 0 Å². The molecule has 0 saturated carbocycles. The smallest absolute Gasteiger partial charge is 0.231 e. The van der Waals surface area contributed by atoms with Crippen LogP contribution in [0.25, 0.3) is 0 Å². The SMILES string of the molecule is CC(c1ccc2c(c1)OCO2)N1CCN(c2ncc3c(n2)CNCC3)CC1. The second-order valence-corrected chi connectivity index (χ2v) is 7.38. The minimum absolute atomic E-state index is 0.322. The Hall–Kier alpha value is -2.38. The van der Waals surface area contributed by atoms with Crippen LogP contribution in [0, 0.1) is 0 Å². The Balaban J connectivity index is 1.25. The number of piperazine rings is 1. The van der Waals surface area contributed by atoms with Gasteiger partial charge in [0.1, 0.15) is 0 Å². The molecule has 7 nitrogen and oxygen atoms in total. The van der Waals surface area contributed by atoms with Gasteiger partial charge in [-0.1, -0.05) is 6.07 Å². The van der Waals surface area contributed by atoms with Gasteiger partial charge in [-0.2, -0.15) is 0 Å². The van der Waals surface area contributed by atoms with Gasteiger partial charge in [0.05, 0.1) is 5.69 Å². The fraction of sp³-hybridized carbons (Fsp3) is 0.500. The van der Waals surface area contributed by atoms with Gasteiger partial charge in [-0.15, -0.1) is 0 Å². The molecule has 1 fully saturated rings. The van der Waals surface area contributed by atoms with Crippen molar-refractivity contribution < 1.29 is 9.47 Å². The molecule has 7 heteroatoms. The average molecular weight is 367 g/mol. The molecule has 1 unspecified atom stereocenters. The molecular weight excluding hydrogens is 342 g/mol. The molecule has 0 bridgehead atoms. The van der Waals surface area contributed by atoms with Crippen LogP contribution in [0.4, 0.5) is 5.95 Å². The first kappa shape index (κ1) is 16.8. The van der Waals surface area contributed by atoms with E-state index in [-0.39, 0.29) is 0 Å². The number of hydrogen-bond acceptors (Lipinski definition) is 7. The molecule has 5 rings (SSSR count). The summed E-state index contributed by atoms with van der Waals surface area (Å²) in [6.45, 7) is 8.33. The molecule has 0 radical (unpaired) electrons. The Kier molecular flexibility index (Phi) is 4.33. The van der Waals surface area contributed by atoms with E-state index in [1.165, 1.54) is 11.1 Å². The highest BCUT2D eigenvalue weighted by Crippen LogP contribution is 2.35. The molecule has 1 atom stereocenters. The lowest BCUT2D eigenvalue weighted by Gasteiger charge is -2.38.